The van der Waals surface area contributed by atoms with Crippen molar-refractivity contribution in [3.8, 4) is 0 Å². The number of hydrogen-bond acceptors (Lipinski definition) is 4. The second kappa shape index (κ2) is 6.51. The highest BCUT2D eigenvalue weighted by atomic mass is 16.2. The van der Waals surface area contributed by atoms with Crippen molar-refractivity contribution in [2.45, 2.75) is 40.7 Å². The Morgan fingerprint density at radius 3 is 2.64 bits per heavy atom. The Hall–Kier alpha value is -2.50. The number of carbonyl (C=O) groups is 1. The fourth-order valence-electron chi connectivity index (χ4n) is 2.33. The smallest absolute Gasteiger partial charge is 0.276 e. The Labute approximate surface area is 129 Å². The van der Waals surface area contributed by atoms with Crippen LogP contribution in [-0.2, 0) is 6.54 Å². The lowest BCUT2D eigenvalue weighted by molar-refractivity contribution is 0.101. The van der Waals surface area contributed by atoms with Gasteiger partial charge in [0.2, 0.25) is 0 Å². The van der Waals surface area contributed by atoms with Gasteiger partial charge in [-0.3, -0.25) is 14.6 Å². The SMILES string of the molecule is CCCn1nc(C(=O)Nc2c(C)cc(C)nc2C)ccc1=O. The molecule has 0 radical (unpaired) electrons. The lowest BCUT2D eigenvalue weighted by atomic mass is 10.1. The highest BCUT2D eigenvalue weighted by Crippen LogP contribution is 2.19. The number of nitrogens with one attached hydrogen (secondary N) is 1. The third-order valence-electron chi connectivity index (χ3n) is 3.30. The van der Waals surface area contributed by atoms with E-state index in [4.69, 9.17) is 0 Å². The second-order valence-electron chi connectivity index (χ2n) is 5.28. The van der Waals surface area contributed by atoms with E-state index in [-0.39, 0.29) is 17.2 Å². The normalized spacial score (nSPS) is 10.5. The van der Waals surface area contributed by atoms with Crippen LogP contribution >= 0.6 is 0 Å². The number of aromatic nitrogens is 3. The maximum atomic E-state index is 12.4. The van der Waals surface area contributed by atoms with Gasteiger partial charge in [0.05, 0.1) is 11.4 Å². The molecule has 0 unspecified atom stereocenters. The summed E-state index contributed by atoms with van der Waals surface area (Å²) in [4.78, 5) is 28.4. The summed E-state index contributed by atoms with van der Waals surface area (Å²) in [6.45, 7) is 8.12. The van der Waals surface area contributed by atoms with E-state index in [1.807, 2.05) is 33.8 Å². The molecule has 22 heavy (non-hydrogen) atoms. The van der Waals surface area contributed by atoms with Gasteiger partial charge in [-0.25, -0.2) is 4.68 Å². The average Bonchev–Trinajstić information content (AvgIpc) is 2.45. The number of pyridine rings is 1. The third kappa shape index (κ3) is 3.39. The van der Waals surface area contributed by atoms with Gasteiger partial charge in [-0.05, 0) is 44.9 Å². The largest absolute Gasteiger partial charge is 0.319 e. The quantitative estimate of drug-likeness (QED) is 0.939. The number of aryl methyl sites for hydroxylation is 4. The molecule has 2 heterocycles. The summed E-state index contributed by atoms with van der Waals surface area (Å²) in [5, 5.41) is 6.94. The summed E-state index contributed by atoms with van der Waals surface area (Å²) in [5.74, 6) is -0.346. The second-order valence-corrected chi connectivity index (χ2v) is 5.28. The molecule has 2 aromatic rings. The molecule has 2 aromatic heterocycles. The van der Waals surface area contributed by atoms with Crippen LogP contribution in [0, 0.1) is 20.8 Å². The maximum absolute atomic E-state index is 12.4. The molecule has 6 nitrogen and oxygen atoms in total. The fraction of sp³-hybridized carbons (Fsp3) is 0.375. The molecule has 0 bridgehead atoms. The predicted molar refractivity (Wildman–Crippen MR) is 85.2 cm³/mol. The van der Waals surface area contributed by atoms with E-state index in [1.165, 1.54) is 16.8 Å². The molecule has 6 heteroatoms. The standard InChI is InChI=1S/C16H20N4O2/c1-5-8-20-14(21)7-6-13(19-20)16(22)18-15-10(2)9-11(3)17-12(15)4/h6-7,9H,5,8H2,1-4H3,(H,18,22). The Bertz CT molecular complexity index is 742. The van der Waals surface area contributed by atoms with Gasteiger partial charge in [0.15, 0.2) is 0 Å². The minimum absolute atomic E-state index is 0.206. The molecule has 0 aliphatic rings. The molecule has 0 atom stereocenters. The molecule has 1 amide bonds. The molecule has 0 fully saturated rings. The summed E-state index contributed by atoms with van der Waals surface area (Å²) >= 11 is 0. The minimum Gasteiger partial charge on any atom is -0.319 e. The summed E-state index contributed by atoms with van der Waals surface area (Å²) in [7, 11) is 0. The van der Waals surface area contributed by atoms with Gasteiger partial charge in [-0.1, -0.05) is 6.92 Å². The first kappa shape index (κ1) is 15.9. The molecule has 116 valence electrons. The number of hydrogen-bond donors (Lipinski definition) is 1. The monoisotopic (exact) mass is 300 g/mol. The van der Waals surface area contributed by atoms with Crippen molar-refractivity contribution in [2.24, 2.45) is 0 Å². The van der Waals surface area contributed by atoms with Crippen LogP contribution in [0.5, 0.6) is 0 Å². The lowest BCUT2D eigenvalue weighted by Gasteiger charge is -2.12. The number of nitrogens with zero attached hydrogens (tertiary/aromatic N) is 3. The van der Waals surface area contributed by atoms with Crippen molar-refractivity contribution in [2.75, 3.05) is 5.32 Å². The van der Waals surface area contributed by atoms with E-state index in [2.05, 4.69) is 15.4 Å². The predicted octanol–water partition coefficient (Wildman–Crippen LogP) is 2.23. The molecule has 2 rings (SSSR count). The zero-order valence-electron chi connectivity index (χ0n) is 13.3. The van der Waals surface area contributed by atoms with Crippen molar-refractivity contribution in [3.63, 3.8) is 0 Å². The molecular formula is C16H20N4O2. The number of anilines is 1. The molecule has 0 aliphatic heterocycles. The van der Waals surface area contributed by atoms with Crippen LogP contribution in [0.15, 0.2) is 23.0 Å². The number of rotatable bonds is 4. The third-order valence-corrected chi connectivity index (χ3v) is 3.30. The van der Waals surface area contributed by atoms with E-state index in [1.54, 1.807) is 0 Å². The first-order valence-electron chi connectivity index (χ1n) is 7.26. The van der Waals surface area contributed by atoms with Crippen LogP contribution in [-0.4, -0.2) is 20.7 Å². The van der Waals surface area contributed by atoms with Crippen molar-refractivity contribution in [3.05, 3.63) is 51.2 Å². The minimum atomic E-state index is -0.346. The molecule has 0 saturated carbocycles. The molecule has 0 spiro atoms. The van der Waals surface area contributed by atoms with Crippen LogP contribution < -0.4 is 10.9 Å². The van der Waals surface area contributed by atoms with Crippen LogP contribution in [0.1, 0.15) is 40.8 Å². The van der Waals surface area contributed by atoms with Crippen molar-refractivity contribution in [1.82, 2.24) is 14.8 Å². The topological polar surface area (TPSA) is 76.9 Å². The van der Waals surface area contributed by atoms with E-state index in [0.717, 1.165) is 23.4 Å². The molecular weight excluding hydrogens is 280 g/mol. The van der Waals surface area contributed by atoms with Crippen LogP contribution in [0.2, 0.25) is 0 Å². The van der Waals surface area contributed by atoms with Gasteiger partial charge < -0.3 is 5.32 Å². The zero-order chi connectivity index (χ0) is 16.3. The Balaban J connectivity index is 2.30. The molecule has 1 N–H and O–H groups in total. The van der Waals surface area contributed by atoms with Gasteiger partial charge in [0, 0.05) is 18.3 Å². The van der Waals surface area contributed by atoms with Crippen molar-refractivity contribution in [1.29, 1.82) is 0 Å². The molecule has 0 aliphatic carbocycles. The van der Waals surface area contributed by atoms with E-state index in [9.17, 15) is 9.59 Å². The van der Waals surface area contributed by atoms with E-state index < -0.39 is 0 Å². The Kier molecular flexibility index (Phi) is 4.70. The summed E-state index contributed by atoms with van der Waals surface area (Å²) in [5.41, 5.74) is 3.30. The van der Waals surface area contributed by atoms with Crippen LogP contribution in [0.25, 0.3) is 0 Å². The van der Waals surface area contributed by atoms with Crippen molar-refractivity contribution >= 4 is 11.6 Å². The summed E-state index contributed by atoms with van der Waals surface area (Å²) in [6, 6.07) is 4.72. The summed E-state index contributed by atoms with van der Waals surface area (Å²) in [6.07, 6.45) is 0.776. The highest BCUT2D eigenvalue weighted by Gasteiger charge is 2.13. The van der Waals surface area contributed by atoms with E-state index in [0.29, 0.717) is 12.2 Å². The Morgan fingerprint density at radius 1 is 1.27 bits per heavy atom. The van der Waals surface area contributed by atoms with Gasteiger partial charge >= 0.3 is 0 Å². The zero-order valence-corrected chi connectivity index (χ0v) is 13.3. The lowest BCUT2D eigenvalue weighted by Crippen LogP contribution is -2.26. The first-order chi connectivity index (χ1) is 10.4. The number of amides is 1. The van der Waals surface area contributed by atoms with Crippen LogP contribution in [0.4, 0.5) is 5.69 Å². The van der Waals surface area contributed by atoms with Crippen LogP contribution in [0.3, 0.4) is 0 Å². The average molecular weight is 300 g/mol. The van der Waals surface area contributed by atoms with Gasteiger partial charge in [-0.2, -0.15) is 5.10 Å². The highest BCUT2D eigenvalue weighted by molar-refractivity contribution is 6.03. The number of carbonyl (C=O) groups excluding carboxylic acids is 1. The fourth-order valence-corrected chi connectivity index (χ4v) is 2.33. The molecule has 0 aromatic carbocycles. The summed E-state index contributed by atoms with van der Waals surface area (Å²) < 4.78 is 1.31. The van der Waals surface area contributed by atoms with Gasteiger partial charge in [0.1, 0.15) is 5.69 Å². The van der Waals surface area contributed by atoms with Gasteiger partial charge in [-0.15, -0.1) is 0 Å². The Morgan fingerprint density at radius 2 is 2.00 bits per heavy atom. The molecule has 0 saturated heterocycles. The van der Waals surface area contributed by atoms with Crippen molar-refractivity contribution < 1.29 is 4.79 Å². The first-order valence-corrected chi connectivity index (χ1v) is 7.26. The maximum Gasteiger partial charge on any atom is 0.276 e. The van der Waals surface area contributed by atoms with E-state index >= 15 is 0 Å². The van der Waals surface area contributed by atoms with Gasteiger partial charge in [0.25, 0.3) is 11.5 Å².